The monoisotopic (exact) mass is 270 g/mol. The molecule has 0 radical (unpaired) electrons. The van der Waals surface area contributed by atoms with Crippen LogP contribution >= 0.6 is 0 Å². The van der Waals surface area contributed by atoms with Crippen LogP contribution in [0.2, 0.25) is 0 Å². The van der Waals surface area contributed by atoms with Crippen molar-refractivity contribution in [1.29, 1.82) is 0 Å². The van der Waals surface area contributed by atoms with Gasteiger partial charge in [-0.2, -0.15) is 0 Å². The minimum Gasteiger partial charge on any atom is -0.388 e. The Balaban J connectivity index is 2.51. The van der Waals surface area contributed by atoms with Gasteiger partial charge in [-0.15, -0.1) is 0 Å². The second-order valence-corrected chi connectivity index (χ2v) is 6.93. The van der Waals surface area contributed by atoms with E-state index < -0.39 is 11.1 Å². The SMILES string of the molecule is CCC(N)(CC)C(=O)NCC1(O)CCC(C)(C)CC1. The zero-order valence-electron chi connectivity index (χ0n) is 12.9. The summed E-state index contributed by atoms with van der Waals surface area (Å²) in [4.78, 5) is 12.1. The number of rotatable bonds is 5. The minimum absolute atomic E-state index is 0.143. The number of aliphatic hydroxyl groups is 1. The summed E-state index contributed by atoms with van der Waals surface area (Å²) in [7, 11) is 0. The Morgan fingerprint density at radius 2 is 1.68 bits per heavy atom. The van der Waals surface area contributed by atoms with E-state index in [0.29, 0.717) is 24.8 Å². The molecule has 4 N–H and O–H groups in total. The van der Waals surface area contributed by atoms with Crippen molar-refractivity contribution < 1.29 is 9.90 Å². The zero-order valence-corrected chi connectivity index (χ0v) is 12.9. The summed E-state index contributed by atoms with van der Waals surface area (Å²) < 4.78 is 0. The van der Waals surface area contributed by atoms with Crippen LogP contribution in [0.5, 0.6) is 0 Å². The number of hydrogen-bond donors (Lipinski definition) is 3. The summed E-state index contributed by atoms with van der Waals surface area (Å²) in [5.41, 5.74) is 4.80. The summed E-state index contributed by atoms with van der Waals surface area (Å²) in [5.74, 6) is -0.143. The van der Waals surface area contributed by atoms with Crippen molar-refractivity contribution in [3.63, 3.8) is 0 Å². The van der Waals surface area contributed by atoms with E-state index in [1.807, 2.05) is 13.8 Å². The molecule has 4 nitrogen and oxygen atoms in total. The Hall–Kier alpha value is -0.610. The number of carbonyl (C=O) groups excluding carboxylic acids is 1. The molecule has 0 atom stereocenters. The summed E-state index contributed by atoms with van der Waals surface area (Å²) in [5, 5.41) is 13.4. The van der Waals surface area contributed by atoms with E-state index >= 15 is 0 Å². The maximum Gasteiger partial charge on any atom is 0.240 e. The Kier molecular flexibility index (Phi) is 5.02. The van der Waals surface area contributed by atoms with E-state index in [0.717, 1.165) is 25.7 Å². The average Bonchev–Trinajstić information content (AvgIpc) is 2.39. The van der Waals surface area contributed by atoms with Crippen molar-refractivity contribution in [2.75, 3.05) is 6.54 Å². The van der Waals surface area contributed by atoms with E-state index in [1.165, 1.54) is 0 Å². The Morgan fingerprint density at radius 3 is 2.11 bits per heavy atom. The third-order valence-corrected chi connectivity index (χ3v) is 4.83. The predicted octanol–water partition coefficient (Wildman–Crippen LogP) is 1.95. The molecule has 1 rings (SSSR count). The van der Waals surface area contributed by atoms with Crippen molar-refractivity contribution in [3.05, 3.63) is 0 Å². The van der Waals surface area contributed by atoms with Crippen molar-refractivity contribution in [3.8, 4) is 0 Å². The largest absolute Gasteiger partial charge is 0.388 e. The van der Waals surface area contributed by atoms with Crippen LogP contribution in [0, 0.1) is 5.41 Å². The molecule has 0 aromatic heterocycles. The maximum atomic E-state index is 12.1. The Bertz CT molecular complexity index is 312. The molecule has 1 aliphatic rings. The number of amides is 1. The topological polar surface area (TPSA) is 75.4 Å². The van der Waals surface area contributed by atoms with Gasteiger partial charge < -0.3 is 16.2 Å². The van der Waals surface area contributed by atoms with Gasteiger partial charge in [-0.3, -0.25) is 4.79 Å². The first kappa shape index (κ1) is 16.4. The second-order valence-electron chi connectivity index (χ2n) is 6.93. The van der Waals surface area contributed by atoms with Gasteiger partial charge in [0.05, 0.1) is 11.1 Å². The van der Waals surface area contributed by atoms with E-state index in [4.69, 9.17) is 5.73 Å². The fourth-order valence-corrected chi connectivity index (χ4v) is 2.56. The molecule has 0 aromatic carbocycles. The van der Waals surface area contributed by atoms with Crippen LogP contribution in [0.15, 0.2) is 0 Å². The lowest BCUT2D eigenvalue weighted by Gasteiger charge is -2.40. The van der Waals surface area contributed by atoms with Gasteiger partial charge in [0, 0.05) is 6.54 Å². The standard InChI is InChI=1S/C15H30N2O2/c1-5-15(16,6-2)12(18)17-11-14(19)9-7-13(3,4)8-10-14/h19H,5-11,16H2,1-4H3,(H,17,18). The smallest absolute Gasteiger partial charge is 0.240 e. The van der Waals surface area contributed by atoms with Gasteiger partial charge >= 0.3 is 0 Å². The third-order valence-electron chi connectivity index (χ3n) is 4.83. The van der Waals surface area contributed by atoms with Crippen molar-refractivity contribution in [2.24, 2.45) is 11.1 Å². The Morgan fingerprint density at radius 1 is 1.21 bits per heavy atom. The van der Waals surface area contributed by atoms with Crippen LogP contribution in [0.3, 0.4) is 0 Å². The second kappa shape index (κ2) is 5.80. The first-order chi connectivity index (χ1) is 8.66. The lowest BCUT2D eigenvalue weighted by Crippen LogP contribution is -2.56. The van der Waals surface area contributed by atoms with Gasteiger partial charge in [0.1, 0.15) is 0 Å². The highest BCUT2D eigenvalue weighted by Gasteiger charge is 2.38. The van der Waals surface area contributed by atoms with Gasteiger partial charge in [-0.05, 0) is 43.9 Å². The van der Waals surface area contributed by atoms with Crippen LogP contribution in [-0.2, 0) is 4.79 Å². The molecule has 1 fully saturated rings. The van der Waals surface area contributed by atoms with Crippen LogP contribution in [0.4, 0.5) is 0 Å². The van der Waals surface area contributed by atoms with Crippen LogP contribution in [0.25, 0.3) is 0 Å². The molecular weight excluding hydrogens is 240 g/mol. The molecule has 0 spiro atoms. The first-order valence-corrected chi connectivity index (χ1v) is 7.46. The number of nitrogens with one attached hydrogen (secondary N) is 1. The molecule has 112 valence electrons. The summed E-state index contributed by atoms with van der Waals surface area (Å²) in [6.45, 7) is 8.61. The van der Waals surface area contributed by atoms with Gasteiger partial charge in [-0.1, -0.05) is 27.7 Å². The summed E-state index contributed by atoms with van der Waals surface area (Å²) in [6, 6.07) is 0. The fourth-order valence-electron chi connectivity index (χ4n) is 2.56. The molecule has 4 heteroatoms. The normalized spacial score (nSPS) is 22.0. The molecular formula is C15H30N2O2. The first-order valence-electron chi connectivity index (χ1n) is 7.46. The fraction of sp³-hybridized carbons (Fsp3) is 0.933. The quantitative estimate of drug-likeness (QED) is 0.715. The highest BCUT2D eigenvalue weighted by molar-refractivity contribution is 5.85. The number of nitrogens with two attached hydrogens (primary N) is 1. The zero-order chi connectivity index (χ0) is 14.7. The molecule has 0 unspecified atom stereocenters. The number of hydrogen-bond acceptors (Lipinski definition) is 3. The highest BCUT2D eigenvalue weighted by Crippen LogP contribution is 2.39. The highest BCUT2D eigenvalue weighted by atomic mass is 16.3. The van der Waals surface area contributed by atoms with E-state index in [1.54, 1.807) is 0 Å². The number of carbonyl (C=O) groups is 1. The molecule has 1 aliphatic carbocycles. The molecule has 0 saturated heterocycles. The molecule has 0 heterocycles. The van der Waals surface area contributed by atoms with E-state index in [-0.39, 0.29) is 5.91 Å². The third kappa shape index (κ3) is 4.18. The van der Waals surface area contributed by atoms with Gasteiger partial charge in [-0.25, -0.2) is 0 Å². The molecule has 0 aliphatic heterocycles. The summed E-state index contributed by atoms with van der Waals surface area (Å²) >= 11 is 0. The van der Waals surface area contributed by atoms with Crippen LogP contribution in [0.1, 0.15) is 66.2 Å². The van der Waals surface area contributed by atoms with E-state index in [2.05, 4.69) is 19.2 Å². The van der Waals surface area contributed by atoms with Crippen LogP contribution < -0.4 is 11.1 Å². The lowest BCUT2D eigenvalue weighted by molar-refractivity contribution is -0.128. The van der Waals surface area contributed by atoms with Crippen molar-refractivity contribution >= 4 is 5.91 Å². The lowest BCUT2D eigenvalue weighted by atomic mass is 9.71. The molecule has 19 heavy (non-hydrogen) atoms. The molecule has 0 bridgehead atoms. The van der Waals surface area contributed by atoms with E-state index in [9.17, 15) is 9.90 Å². The maximum absolute atomic E-state index is 12.1. The summed E-state index contributed by atoms with van der Waals surface area (Å²) in [6.07, 6.45) is 4.71. The van der Waals surface area contributed by atoms with Crippen LogP contribution in [-0.4, -0.2) is 28.7 Å². The predicted molar refractivity (Wildman–Crippen MR) is 77.7 cm³/mol. The van der Waals surface area contributed by atoms with Gasteiger partial charge in [0.2, 0.25) is 5.91 Å². The van der Waals surface area contributed by atoms with Gasteiger partial charge in [0.25, 0.3) is 0 Å². The average molecular weight is 270 g/mol. The minimum atomic E-state index is -0.801. The van der Waals surface area contributed by atoms with Crippen molar-refractivity contribution in [2.45, 2.75) is 77.4 Å². The Labute approximate surface area is 117 Å². The molecule has 0 aromatic rings. The van der Waals surface area contributed by atoms with Gasteiger partial charge in [0.15, 0.2) is 0 Å². The van der Waals surface area contributed by atoms with Crippen molar-refractivity contribution in [1.82, 2.24) is 5.32 Å². The molecule has 1 saturated carbocycles. The molecule has 1 amide bonds.